The first-order chi connectivity index (χ1) is 6.63. The molecule has 0 aromatic heterocycles. The summed E-state index contributed by atoms with van der Waals surface area (Å²) in [7, 11) is 0. The summed E-state index contributed by atoms with van der Waals surface area (Å²) in [6.07, 6.45) is 1.03. The molecule has 0 fully saturated rings. The highest BCUT2D eigenvalue weighted by Gasteiger charge is 2.00. The lowest BCUT2D eigenvalue weighted by Gasteiger charge is -2.07. The minimum absolute atomic E-state index is 0.218. The highest BCUT2D eigenvalue weighted by Crippen LogP contribution is 2.19. The van der Waals surface area contributed by atoms with E-state index in [2.05, 4.69) is 18.8 Å². The largest absolute Gasteiger partial charge is 0.385 e. The Labute approximate surface area is 84.6 Å². The molecule has 1 aromatic carbocycles. The van der Waals surface area contributed by atoms with Gasteiger partial charge in [-0.3, -0.25) is 0 Å². The molecule has 1 nitrogen and oxygen atoms in total. The van der Waals surface area contributed by atoms with Crippen molar-refractivity contribution in [2.75, 3.05) is 11.9 Å². The van der Waals surface area contributed by atoms with Crippen LogP contribution in [0.15, 0.2) is 24.8 Å². The summed E-state index contributed by atoms with van der Waals surface area (Å²) in [5.41, 5.74) is 2.55. The van der Waals surface area contributed by atoms with Crippen molar-refractivity contribution in [1.29, 1.82) is 0 Å². The number of allylic oxidation sites excluding steroid dienone is 1. The van der Waals surface area contributed by atoms with Crippen LogP contribution in [-0.4, -0.2) is 6.54 Å². The van der Waals surface area contributed by atoms with Gasteiger partial charge in [-0.2, -0.15) is 0 Å². The molecule has 1 rings (SSSR count). The van der Waals surface area contributed by atoms with E-state index in [1.54, 1.807) is 0 Å². The highest BCUT2D eigenvalue weighted by atomic mass is 19.1. The van der Waals surface area contributed by atoms with Crippen molar-refractivity contribution in [2.45, 2.75) is 20.3 Å². The number of halogens is 1. The molecule has 0 unspecified atom stereocenters. The van der Waals surface area contributed by atoms with Crippen molar-refractivity contribution in [2.24, 2.45) is 0 Å². The molecule has 14 heavy (non-hydrogen) atoms. The van der Waals surface area contributed by atoms with Crippen LogP contribution in [0, 0.1) is 5.82 Å². The first-order valence-corrected chi connectivity index (χ1v) is 4.84. The molecule has 0 spiro atoms. The van der Waals surface area contributed by atoms with Crippen LogP contribution in [0.1, 0.15) is 25.8 Å². The van der Waals surface area contributed by atoms with Gasteiger partial charge in [0.2, 0.25) is 0 Å². The molecule has 0 atom stereocenters. The second-order valence-corrected chi connectivity index (χ2v) is 3.44. The van der Waals surface area contributed by atoms with Crippen molar-refractivity contribution in [3.05, 3.63) is 36.2 Å². The summed E-state index contributed by atoms with van der Waals surface area (Å²) < 4.78 is 13.1. The van der Waals surface area contributed by atoms with Gasteiger partial charge in [-0.1, -0.05) is 19.1 Å². The SMILES string of the molecule is C=C(C)c1cc(F)cc(NCCC)c1. The second kappa shape index (κ2) is 4.80. The summed E-state index contributed by atoms with van der Waals surface area (Å²) in [4.78, 5) is 0. The van der Waals surface area contributed by atoms with Gasteiger partial charge >= 0.3 is 0 Å². The normalized spacial score (nSPS) is 9.93. The number of benzene rings is 1. The third-order valence-electron chi connectivity index (χ3n) is 1.97. The molecule has 76 valence electrons. The fourth-order valence-electron chi connectivity index (χ4n) is 1.21. The number of hydrogen-bond donors (Lipinski definition) is 1. The molecule has 1 aromatic rings. The van der Waals surface area contributed by atoms with Crippen LogP contribution in [-0.2, 0) is 0 Å². The lowest BCUT2D eigenvalue weighted by Crippen LogP contribution is -2.00. The zero-order chi connectivity index (χ0) is 10.6. The molecule has 0 bridgehead atoms. The first kappa shape index (κ1) is 10.8. The van der Waals surface area contributed by atoms with Crippen molar-refractivity contribution < 1.29 is 4.39 Å². The third-order valence-corrected chi connectivity index (χ3v) is 1.97. The number of anilines is 1. The van der Waals surface area contributed by atoms with E-state index in [9.17, 15) is 4.39 Å². The molecular weight excluding hydrogens is 177 g/mol. The van der Waals surface area contributed by atoms with Crippen LogP contribution >= 0.6 is 0 Å². The van der Waals surface area contributed by atoms with Gasteiger partial charge in [-0.05, 0) is 37.1 Å². The predicted molar refractivity (Wildman–Crippen MR) is 59.9 cm³/mol. The Morgan fingerprint density at radius 1 is 1.43 bits per heavy atom. The quantitative estimate of drug-likeness (QED) is 0.769. The summed E-state index contributed by atoms with van der Waals surface area (Å²) >= 11 is 0. The average molecular weight is 193 g/mol. The van der Waals surface area contributed by atoms with Crippen LogP contribution in [0.3, 0.4) is 0 Å². The zero-order valence-electron chi connectivity index (χ0n) is 8.73. The van der Waals surface area contributed by atoms with Crippen molar-refractivity contribution in [3.8, 4) is 0 Å². The molecule has 0 amide bonds. The molecule has 0 radical (unpaired) electrons. The Kier molecular flexibility index (Phi) is 3.69. The van der Waals surface area contributed by atoms with Crippen molar-refractivity contribution >= 4 is 11.3 Å². The minimum Gasteiger partial charge on any atom is -0.385 e. The summed E-state index contributed by atoms with van der Waals surface area (Å²) in [6.45, 7) is 8.60. The molecule has 0 saturated heterocycles. The van der Waals surface area contributed by atoms with Gasteiger partial charge in [-0.25, -0.2) is 4.39 Å². The Morgan fingerprint density at radius 3 is 2.71 bits per heavy atom. The van der Waals surface area contributed by atoms with Crippen LogP contribution in [0.5, 0.6) is 0 Å². The average Bonchev–Trinajstić information content (AvgIpc) is 2.14. The summed E-state index contributed by atoms with van der Waals surface area (Å²) in [6, 6.07) is 4.92. The van der Waals surface area contributed by atoms with Gasteiger partial charge in [0.15, 0.2) is 0 Å². The van der Waals surface area contributed by atoms with E-state index in [1.807, 2.05) is 13.0 Å². The zero-order valence-corrected chi connectivity index (χ0v) is 8.73. The van der Waals surface area contributed by atoms with Crippen LogP contribution in [0.2, 0.25) is 0 Å². The number of hydrogen-bond acceptors (Lipinski definition) is 1. The maximum atomic E-state index is 13.1. The Balaban J connectivity index is 2.89. The fourth-order valence-corrected chi connectivity index (χ4v) is 1.21. The van der Waals surface area contributed by atoms with E-state index in [4.69, 9.17) is 0 Å². The topological polar surface area (TPSA) is 12.0 Å². The minimum atomic E-state index is -0.218. The number of rotatable bonds is 4. The third kappa shape index (κ3) is 2.87. The maximum absolute atomic E-state index is 13.1. The van der Waals surface area contributed by atoms with E-state index in [-0.39, 0.29) is 5.82 Å². The molecular formula is C12H16FN. The van der Waals surface area contributed by atoms with Gasteiger partial charge in [0.1, 0.15) is 5.82 Å². The van der Waals surface area contributed by atoms with E-state index in [0.29, 0.717) is 0 Å². The van der Waals surface area contributed by atoms with E-state index in [1.165, 1.54) is 12.1 Å². The molecule has 0 aliphatic carbocycles. The molecule has 2 heteroatoms. The van der Waals surface area contributed by atoms with Crippen molar-refractivity contribution in [1.82, 2.24) is 0 Å². The van der Waals surface area contributed by atoms with E-state index >= 15 is 0 Å². The smallest absolute Gasteiger partial charge is 0.125 e. The van der Waals surface area contributed by atoms with Crippen LogP contribution in [0.4, 0.5) is 10.1 Å². The Hall–Kier alpha value is -1.31. The molecule has 0 aliphatic heterocycles. The van der Waals surface area contributed by atoms with Gasteiger partial charge in [0.05, 0.1) is 0 Å². The maximum Gasteiger partial charge on any atom is 0.125 e. The molecule has 1 N–H and O–H groups in total. The Bertz CT molecular complexity index is 331. The highest BCUT2D eigenvalue weighted by molar-refractivity contribution is 5.65. The second-order valence-electron chi connectivity index (χ2n) is 3.44. The van der Waals surface area contributed by atoms with Crippen LogP contribution in [0.25, 0.3) is 5.57 Å². The van der Waals surface area contributed by atoms with E-state index in [0.717, 1.165) is 29.8 Å². The van der Waals surface area contributed by atoms with Gasteiger partial charge < -0.3 is 5.32 Å². The number of nitrogens with one attached hydrogen (secondary N) is 1. The standard InChI is InChI=1S/C12H16FN/c1-4-5-14-12-7-10(9(2)3)6-11(13)8-12/h6-8,14H,2,4-5H2,1,3H3. The molecule has 0 saturated carbocycles. The van der Waals surface area contributed by atoms with E-state index < -0.39 is 0 Å². The van der Waals surface area contributed by atoms with Crippen molar-refractivity contribution in [3.63, 3.8) is 0 Å². The monoisotopic (exact) mass is 193 g/mol. The van der Waals surface area contributed by atoms with Crippen LogP contribution < -0.4 is 5.32 Å². The van der Waals surface area contributed by atoms with Gasteiger partial charge in [0, 0.05) is 12.2 Å². The van der Waals surface area contributed by atoms with Gasteiger partial charge in [-0.15, -0.1) is 0 Å². The predicted octanol–water partition coefficient (Wildman–Crippen LogP) is 3.68. The lowest BCUT2D eigenvalue weighted by atomic mass is 10.1. The lowest BCUT2D eigenvalue weighted by molar-refractivity contribution is 0.627. The van der Waals surface area contributed by atoms with Gasteiger partial charge in [0.25, 0.3) is 0 Å². The summed E-state index contributed by atoms with van der Waals surface area (Å²) in [5, 5.41) is 3.15. The molecule has 0 aliphatic rings. The first-order valence-electron chi connectivity index (χ1n) is 4.84. The fraction of sp³-hybridized carbons (Fsp3) is 0.333. The molecule has 0 heterocycles. The Morgan fingerprint density at radius 2 is 2.14 bits per heavy atom. The summed E-state index contributed by atoms with van der Waals surface area (Å²) in [5.74, 6) is -0.218.